The fourth-order valence-corrected chi connectivity index (χ4v) is 5.76. The van der Waals surface area contributed by atoms with E-state index in [1.165, 1.54) is 37.8 Å². The second kappa shape index (κ2) is 16.1. The lowest BCUT2D eigenvalue weighted by Gasteiger charge is -2.29. The second-order valence-corrected chi connectivity index (χ2v) is 11.5. The summed E-state index contributed by atoms with van der Waals surface area (Å²) in [4.78, 5) is 0. The number of hydrogen-bond donors (Lipinski definition) is 0. The maximum absolute atomic E-state index is 15.2. The van der Waals surface area contributed by atoms with Gasteiger partial charge in [0.25, 0.3) is 0 Å². The number of ether oxygens (including phenoxy) is 2. The van der Waals surface area contributed by atoms with Crippen molar-refractivity contribution in [3.63, 3.8) is 0 Å². The Kier molecular flexibility index (Phi) is 12.3. The zero-order valence-corrected chi connectivity index (χ0v) is 25.0. The van der Waals surface area contributed by atoms with Gasteiger partial charge in [0, 0.05) is 17.0 Å². The van der Waals surface area contributed by atoms with E-state index >= 15 is 8.78 Å². The SMILES string of the molecule is CCCCCCCCOc1ccc(-c2ccc(-c3ccc(C4CCC(CCCCC)OC4)c(F)c3F)cc2)c(F)c1F. The molecule has 0 aliphatic carbocycles. The Morgan fingerprint density at radius 3 is 1.88 bits per heavy atom. The monoisotopic (exact) mass is 584 g/mol. The minimum Gasteiger partial charge on any atom is -0.490 e. The van der Waals surface area contributed by atoms with Crippen molar-refractivity contribution in [3.05, 3.63) is 77.4 Å². The largest absolute Gasteiger partial charge is 0.490 e. The summed E-state index contributed by atoms with van der Waals surface area (Å²) in [6.07, 6.45) is 12.8. The summed E-state index contributed by atoms with van der Waals surface area (Å²) in [5.74, 6) is -4.05. The summed E-state index contributed by atoms with van der Waals surface area (Å²) >= 11 is 0. The average Bonchev–Trinajstić information content (AvgIpc) is 3.01. The van der Waals surface area contributed by atoms with Crippen LogP contribution in [0.4, 0.5) is 17.6 Å². The first-order valence-electron chi connectivity index (χ1n) is 15.8. The summed E-state index contributed by atoms with van der Waals surface area (Å²) in [6, 6.07) is 12.5. The van der Waals surface area contributed by atoms with Crippen molar-refractivity contribution >= 4 is 0 Å². The molecular weight excluding hydrogens is 540 g/mol. The Balaban J connectivity index is 1.38. The van der Waals surface area contributed by atoms with Crippen LogP contribution in [0, 0.1) is 23.3 Å². The highest BCUT2D eigenvalue weighted by Crippen LogP contribution is 2.36. The van der Waals surface area contributed by atoms with Crippen LogP contribution in [0.5, 0.6) is 5.75 Å². The van der Waals surface area contributed by atoms with E-state index in [0.717, 1.165) is 51.4 Å². The van der Waals surface area contributed by atoms with Gasteiger partial charge in [0.1, 0.15) is 0 Å². The summed E-state index contributed by atoms with van der Waals surface area (Å²) < 4.78 is 71.6. The Labute approximate surface area is 248 Å². The highest BCUT2D eigenvalue weighted by Gasteiger charge is 2.27. The van der Waals surface area contributed by atoms with Crippen LogP contribution in [0.2, 0.25) is 0 Å². The van der Waals surface area contributed by atoms with E-state index in [0.29, 0.717) is 29.9 Å². The molecule has 1 heterocycles. The molecule has 0 bridgehead atoms. The zero-order valence-electron chi connectivity index (χ0n) is 25.0. The fourth-order valence-electron chi connectivity index (χ4n) is 5.76. The van der Waals surface area contributed by atoms with E-state index in [1.54, 1.807) is 36.4 Å². The first kappa shape index (κ1) is 32.1. The van der Waals surface area contributed by atoms with E-state index < -0.39 is 23.3 Å². The molecule has 0 N–H and O–H groups in total. The normalized spacial score (nSPS) is 17.0. The highest BCUT2D eigenvalue weighted by molar-refractivity contribution is 5.72. The Morgan fingerprint density at radius 1 is 0.643 bits per heavy atom. The molecule has 1 fully saturated rings. The molecule has 2 unspecified atom stereocenters. The molecule has 0 radical (unpaired) electrons. The molecule has 4 rings (SSSR count). The van der Waals surface area contributed by atoms with E-state index in [1.807, 2.05) is 0 Å². The molecule has 0 aromatic heterocycles. The molecule has 3 aromatic carbocycles. The molecule has 1 aliphatic rings. The predicted octanol–water partition coefficient (Wildman–Crippen LogP) is 11.2. The van der Waals surface area contributed by atoms with Crippen molar-refractivity contribution in [2.45, 2.75) is 103 Å². The first-order chi connectivity index (χ1) is 20.4. The summed E-state index contributed by atoms with van der Waals surface area (Å²) in [6.45, 7) is 5.06. The Bertz CT molecular complexity index is 1270. The van der Waals surface area contributed by atoms with Gasteiger partial charge in [0.15, 0.2) is 23.2 Å². The molecule has 3 aromatic rings. The van der Waals surface area contributed by atoms with Gasteiger partial charge in [-0.25, -0.2) is 13.2 Å². The minimum absolute atomic E-state index is 0.0817. The van der Waals surface area contributed by atoms with Crippen molar-refractivity contribution in [1.29, 1.82) is 0 Å². The van der Waals surface area contributed by atoms with Gasteiger partial charge in [-0.2, -0.15) is 4.39 Å². The molecule has 1 saturated heterocycles. The quantitative estimate of drug-likeness (QED) is 0.131. The van der Waals surface area contributed by atoms with Gasteiger partial charge >= 0.3 is 0 Å². The van der Waals surface area contributed by atoms with E-state index in [9.17, 15) is 8.78 Å². The molecule has 2 nitrogen and oxygen atoms in total. The number of benzene rings is 3. The van der Waals surface area contributed by atoms with Crippen molar-refractivity contribution in [2.24, 2.45) is 0 Å². The molecule has 0 amide bonds. The maximum Gasteiger partial charge on any atom is 0.201 e. The second-order valence-electron chi connectivity index (χ2n) is 11.5. The van der Waals surface area contributed by atoms with Crippen LogP contribution in [0.25, 0.3) is 22.3 Å². The topological polar surface area (TPSA) is 18.5 Å². The third kappa shape index (κ3) is 8.15. The summed E-state index contributed by atoms with van der Waals surface area (Å²) in [7, 11) is 0. The van der Waals surface area contributed by atoms with Crippen LogP contribution < -0.4 is 4.74 Å². The lowest BCUT2D eigenvalue weighted by Crippen LogP contribution is -2.25. The zero-order chi connectivity index (χ0) is 29.9. The molecule has 42 heavy (non-hydrogen) atoms. The van der Waals surface area contributed by atoms with Crippen LogP contribution in [0.3, 0.4) is 0 Å². The summed E-state index contributed by atoms with van der Waals surface area (Å²) in [5.41, 5.74) is 1.44. The molecule has 2 atom stereocenters. The number of rotatable bonds is 15. The van der Waals surface area contributed by atoms with Crippen LogP contribution in [-0.2, 0) is 4.74 Å². The van der Waals surface area contributed by atoms with Crippen LogP contribution in [0.1, 0.15) is 102 Å². The molecule has 0 saturated carbocycles. The van der Waals surface area contributed by atoms with Gasteiger partial charge < -0.3 is 9.47 Å². The van der Waals surface area contributed by atoms with Crippen LogP contribution in [-0.4, -0.2) is 19.3 Å². The lowest BCUT2D eigenvalue weighted by atomic mass is 9.88. The average molecular weight is 585 g/mol. The predicted molar refractivity (Wildman–Crippen MR) is 162 cm³/mol. The van der Waals surface area contributed by atoms with Gasteiger partial charge in [-0.05, 0) is 54.5 Å². The van der Waals surface area contributed by atoms with Crippen molar-refractivity contribution < 1.29 is 27.0 Å². The third-order valence-electron chi connectivity index (χ3n) is 8.36. The first-order valence-corrected chi connectivity index (χ1v) is 15.8. The van der Waals surface area contributed by atoms with Crippen LogP contribution >= 0.6 is 0 Å². The smallest absolute Gasteiger partial charge is 0.201 e. The number of halogens is 4. The lowest BCUT2D eigenvalue weighted by molar-refractivity contribution is -0.00277. The van der Waals surface area contributed by atoms with Crippen LogP contribution in [0.15, 0.2) is 48.5 Å². The van der Waals surface area contributed by atoms with E-state index in [-0.39, 0.29) is 28.9 Å². The fraction of sp³-hybridized carbons (Fsp3) is 0.500. The van der Waals surface area contributed by atoms with Gasteiger partial charge in [0.2, 0.25) is 5.82 Å². The number of unbranched alkanes of at least 4 members (excludes halogenated alkanes) is 7. The minimum atomic E-state index is -1.02. The van der Waals surface area contributed by atoms with Crippen molar-refractivity contribution in [1.82, 2.24) is 0 Å². The standard InChI is InChI=1S/C36H44F4O2/c1-3-5-7-8-9-11-23-41-32-22-21-30(35(39)36(32)40)26-15-13-25(14-16-26)29-19-20-31(34(38)33(29)37)27-17-18-28(42-24-27)12-10-6-4-2/h13-16,19-22,27-28H,3-12,17-18,23-24H2,1-2H3. The van der Waals surface area contributed by atoms with Gasteiger partial charge in [0.05, 0.1) is 19.3 Å². The van der Waals surface area contributed by atoms with E-state index in [4.69, 9.17) is 9.47 Å². The van der Waals surface area contributed by atoms with Gasteiger partial charge in [-0.15, -0.1) is 0 Å². The molecular formula is C36H44F4O2. The van der Waals surface area contributed by atoms with E-state index in [2.05, 4.69) is 13.8 Å². The third-order valence-corrected chi connectivity index (χ3v) is 8.36. The van der Waals surface area contributed by atoms with Gasteiger partial charge in [-0.1, -0.05) is 102 Å². The molecule has 1 aliphatic heterocycles. The highest BCUT2D eigenvalue weighted by atomic mass is 19.2. The van der Waals surface area contributed by atoms with Crippen molar-refractivity contribution in [3.8, 4) is 28.0 Å². The maximum atomic E-state index is 15.2. The number of hydrogen-bond acceptors (Lipinski definition) is 2. The Morgan fingerprint density at radius 2 is 1.24 bits per heavy atom. The van der Waals surface area contributed by atoms with Crippen molar-refractivity contribution in [2.75, 3.05) is 13.2 Å². The molecule has 0 spiro atoms. The van der Waals surface area contributed by atoms with Gasteiger partial charge in [-0.3, -0.25) is 0 Å². The molecule has 6 heteroatoms. The molecule has 228 valence electrons. The summed E-state index contributed by atoms with van der Waals surface area (Å²) in [5, 5.41) is 0. The Hall–Kier alpha value is -2.86.